The van der Waals surface area contributed by atoms with Crippen LogP contribution in [0.3, 0.4) is 0 Å². The van der Waals surface area contributed by atoms with E-state index in [-0.39, 0.29) is 18.4 Å². The summed E-state index contributed by atoms with van der Waals surface area (Å²) >= 11 is 5.91. The van der Waals surface area contributed by atoms with Gasteiger partial charge in [-0.05, 0) is 24.6 Å². The Morgan fingerprint density at radius 2 is 2.06 bits per heavy atom. The first-order valence-corrected chi connectivity index (χ1v) is 5.17. The van der Waals surface area contributed by atoms with Gasteiger partial charge < -0.3 is 10.6 Å². The Balaban J connectivity index is 2.70. The van der Waals surface area contributed by atoms with E-state index in [0.717, 1.165) is 5.56 Å². The fraction of sp³-hybridized carbons (Fsp3) is 0.273. The smallest absolute Gasteiger partial charge is 0.253 e. The zero-order chi connectivity index (χ0) is 12.1. The molecule has 2 amide bonds. The maximum absolute atomic E-state index is 11.6. The van der Waals surface area contributed by atoms with Crippen molar-refractivity contribution >= 4 is 23.4 Å². The first-order chi connectivity index (χ1) is 7.54. The van der Waals surface area contributed by atoms with Gasteiger partial charge in [0.1, 0.15) is 0 Å². The summed E-state index contributed by atoms with van der Waals surface area (Å²) in [4.78, 5) is 22.5. The summed E-state index contributed by atoms with van der Waals surface area (Å²) in [6, 6.07) is 5.13. The van der Waals surface area contributed by atoms with Crippen molar-refractivity contribution in [2.75, 3.05) is 13.6 Å². The highest BCUT2D eigenvalue weighted by Crippen LogP contribution is 2.17. The molecule has 0 atom stereocenters. The molecule has 1 aromatic carbocycles. The predicted molar refractivity (Wildman–Crippen MR) is 62.6 cm³/mol. The number of hydrogen-bond acceptors (Lipinski definition) is 2. The van der Waals surface area contributed by atoms with Crippen LogP contribution in [0.2, 0.25) is 5.02 Å². The van der Waals surface area contributed by atoms with Crippen LogP contribution >= 0.6 is 11.6 Å². The third-order valence-electron chi connectivity index (χ3n) is 2.06. The van der Waals surface area contributed by atoms with Crippen LogP contribution in [0.25, 0.3) is 0 Å². The van der Waals surface area contributed by atoms with Crippen molar-refractivity contribution < 1.29 is 9.59 Å². The van der Waals surface area contributed by atoms with Crippen LogP contribution in [-0.4, -0.2) is 25.4 Å². The Hall–Kier alpha value is -1.55. The van der Waals surface area contributed by atoms with Crippen molar-refractivity contribution in [2.45, 2.75) is 6.92 Å². The molecule has 0 spiro atoms. The van der Waals surface area contributed by atoms with Crippen LogP contribution < -0.4 is 10.6 Å². The lowest BCUT2D eigenvalue weighted by Crippen LogP contribution is -2.35. The molecule has 86 valence electrons. The highest BCUT2D eigenvalue weighted by molar-refractivity contribution is 6.33. The minimum absolute atomic E-state index is 0.0560. The third-order valence-corrected chi connectivity index (χ3v) is 2.37. The van der Waals surface area contributed by atoms with Crippen LogP contribution in [0, 0.1) is 6.92 Å². The quantitative estimate of drug-likeness (QED) is 0.832. The maximum Gasteiger partial charge on any atom is 0.253 e. The van der Waals surface area contributed by atoms with Gasteiger partial charge in [0, 0.05) is 7.05 Å². The summed E-state index contributed by atoms with van der Waals surface area (Å²) < 4.78 is 0. The van der Waals surface area contributed by atoms with Crippen molar-refractivity contribution in [3.63, 3.8) is 0 Å². The summed E-state index contributed by atoms with van der Waals surface area (Å²) in [7, 11) is 1.51. The largest absolute Gasteiger partial charge is 0.358 e. The second kappa shape index (κ2) is 5.51. The monoisotopic (exact) mass is 240 g/mol. The molecule has 0 radical (unpaired) electrons. The SMILES string of the molecule is CNC(=O)CNC(=O)c1ccc(C)cc1Cl. The Labute approximate surface area is 99.0 Å². The molecule has 16 heavy (non-hydrogen) atoms. The summed E-state index contributed by atoms with van der Waals surface area (Å²) in [5, 5.41) is 5.27. The highest BCUT2D eigenvalue weighted by Gasteiger charge is 2.10. The first-order valence-electron chi connectivity index (χ1n) is 4.79. The number of aryl methyl sites for hydroxylation is 1. The zero-order valence-electron chi connectivity index (χ0n) is 9.13. The number of amides is 2. The lowest BCUT2D eigenvalue weighted by molar-refractivity contribution is -0.119. The second-order valence-electron chi connectivity index (χ2n) is 3.34. The minimum atomic E-state index is -0.353. The van der Waals surface area contributed by atoms with Gasteiger partial charge in [-0.2, -0.15) is 0 Å². The van der Waals surface area contributed by atoms with Crippen molar-refractivity contribution in [2.24, 2.45) is 0 Å². The molecular formula is C11H13ClN2O2. The Morgan fingerprint density at radius 1 is 1.38 bits per heavy atom. The molecule has 4 nitrogen and oxygen atoms in total. The Kier molecular flexibility index (Phi) is 4.31. The Morgan fingerprint density at radius 3 is 2.62 bits per heavy atom. The zero-order valence-corrected chi connectivity index (χ0v) is 9.89. The maximum atomic E-state index is 11.6. The topological polar surface area (TPSA) is 58.2 Å². The molecule has 0 fully saturated rings. The van der Waals surface area contributed by atoms with E-state index in [0.29, 0.717) is 10.6 Å². The van der Waals surface area contributed by atoms with Crippen molar-refractivity contribution in [3.05, 3.63) is 34.3 Å². The summed E-state index contributed by atoms with van der Waals surface area (Å²) in [6.45, 7) is 1.83. The molecule has 0 saturated heterocycles. The van der Waals surface area contributed by atoms with E-state index >= 15 is 0 Å². The van der Waals surface area contributed by atoms with Gasteiger partial charge in [-0.15, -0.1) is 0 Å². The van der Waals surface area contributed by atoms with E-state index in [2.05, 4.69) is 10.6 Å². The molecule has 0 unspecified atom stereocenters. The molecule has 0 aromatic heterocycles. The number of carbonyl (C=O) groups excluding carboxylic acids is 2. The van der Waals surface area contributed by atoms with Crippen LogP contribution in [0.4, 0.5) is 0 Å². The summed E-state index contributed by atoms with van der Waals surface area (Å²) in [5.41, 5.74) is 1.35. The van der Waals surface area contributed by atoms with Gasteiger partial charge in [-0.3, -0.25) is 9.59 Å². The number of benzene rings is 1. The molecule has 0 aliphatic heterocycles. The van der Waals surface area contributed by atoms with E-state index in [9.17, 15) is 9.59 Å². The molecule has 0 bridgehead atoms. The number of halogens is 1. The van der Waals surface area contributed by atoms with Crippen LogP contribution in [0.1, 0.15) is 15.9 Å². The third kappa shape index (κ3) is 3.24. The molecule has 0 heterocycles. The molecule has 5 heteroatoms. The number of carbonyl (C=O) groups is 2. The van der Waals surface area contributed by atoms with E-state index in [4.69, 9.17) is 11.6 Å². The van der Waals surface area contributed by atoms with Gasteiger partial charge in [-0.25, -0.2) is 0 Å². The molecule has 2 N–H and O–H groups in total. The number of likely N-dealkylation sites (N-methyl/N-ethyl adjacent to an activating group) is 1. The van der Waals surface area contributed by atoms with Gasteiger partial charge in [0.15, 0.2) is 0 Å². The van der Waals surface area contributed by atoms with Crippen LogP contribution in [-0.2, 0) is 4.79 Å². The molecule has 0 aliphatic rings. The average Bonchev–Trinajstić information content (AvgIpc) is 2.25. The molecule has 1 rings (SSSR count). The minimum Gasteiger partial charge on any atom is -0.358 e. The molecular weight excluding hydrogens is 228 g/mol. The van der Waals surface area contributed by atoms with Crippen molar-refractivity contribution in [1.82, 2.24) is 10.6 Å². The summed E-state index contributed by atoms with van der Waals surface area (Å²) in [6.07, 6.45) is 0. The van der Waals surface area contributed by atoms with Gasteiger partial charge in [0.05, 0.1) is 17.1 Å². The fourth-order valence-corrected chi connectivity index (χ4v) is 1.47. The standard InChI is InChI=1S/C11H13ClN2O2/c1-7-3-4-8(9(12)5-7)11(16)14-6-10(15)13-2/h3-5H,6H2,1-2H3,(H,13,15)(H,14,16). The predicted octanol–water partition coefficient (Wildman–Crippen LogP) is 1.12. The number of hydrogen-bond donors (Lipinski definition) is 2. The van der Waals surface area contributed by atoms with E-state index < -0.39 is 0 Å². The summed E-state index contributed by atoms with van der Waals surface area (Å²) in [5.74, 6) is -0.606. The molecule has 1 aromatic rings. The van der Waals surface area contributed by atoms with E-state index in [1.165, 1.54) is 7.05 Å². The van der Waals surface area contributed by atoms with Gasteiger partial charge in [0.2, 0.25) is 5.91 Å². The van der Waals surface area contributed by atoms with E-state index in [1.54, 1.807) is 18.2 Å². The number of rotatable bonds is 3. The average molecular weight is 241 g/mol. The highest BCUT2D eigenvalue weighted by atomic mass is 35.5. The van der Waals surface area contributed by atoms with E-state index in [1.807, 2.05) is 6.92 Å². The van der Waals surface area contributed by atoms with Crippen molar-refractivity contribution in [1.29, 1.82) is 0 Å². The lowest BCUT2D eigenvalue weighted by atomic mass is 10.1. The van der Waals surface area contributed by atoms with Gasteiger partial charge in [-0.1, -0.05) is 17.7 Å². The molecule has 0 aliphatic carbocycles. The van der Waals surface area contributed by atoms with Gasteiger partial charge in [0.25, 0.3) is 5.91 Å². The normalized spacial score (nSPS) is 9.69. The number of nitrogens with one attached hydrogen (secondary N) is 2. The fourth-order valence-electron chi connectivity index (χ4n) is 1.15. The molecule has 0 saturated carbocycles. The van der Waals surface area contributed by atoms with Crippen LogP contribution in [0.5, 0.6) is 0 Å². The van der Waals surface area contributed by atoms with Crippen LogP contribution in [0.15, 0.2) is 18.2 Å². The lowest BCUT2D eigenvalue weighted by Gasteiger charge is -2.06. The van der Waals surface area contributed by atoms with Crippen molar-refractivity contribution in [3.8, 4) is 0 Å². The van der Waals surface area contributed by atoms with Gasteiger partial charge >= 0.3 is 0 Å². The first kappa shape index (κ1) is 12.5. The second-order valence-corrected chi connectivity index (χ2v) is 3.75. The Bertz CT molecular complexity index is 418.